The predicted molar refractivity (Wildman–Crippen MR) is 120 cm³/mol. The van der Waals surface area contributed by atoms with Gasteiger partial charge in [0.1, 0.15) is 17.7 Å². The Kier molecular flexibility index (Phi) is 6.93. The molecular formula is C22H24F4N8O. The van der Waals surface area contributed by atoms with Crippen molar-refractivity contribution in [1.82, 2.24) is 34.8 Å². The minimum Gasteiger partial charge on any atom is -0.364 e. The van der Waals surface area contributed by atoms with Gasteiger partial charge in [-0.25, -0.2) is 8.91 Å². The first-order valence-corrected chi connectivity index (χ1v) is 10.9. The molecule has 1 amide bonds. The average molecular weight is 492 g/mol. The molecule has 2 N–H and O–H groups in total. The van der Waals surface area contributed by atoms with Gasteiger partial charge in [0.2, 0.25) is 0 Å². The van der Waals surface area contributed by atoms with Crippen LogP contribution in [0.3, 0.4) is 0 Å². The van der Waals surface area contributed by atoms with E-state index in [1.807, 2.05) is 11.9 Å². The highest BCUT2D eigenvalue weighted by molar-refractivity contribution is 5.91. The minimum atomic E-state index is -4.48. The van der Waals surface area contributed by atoms with Crippen LogP contribution in [0.4, 0.5) is 23.4 Å². The number of pyridine rings is 1. The van der Waals surface area contributed by atoms with Gasteiger partial charge in [-0.05, 0) is 31.5 Å². The molecule has 186 valence electrons. The topological polar surface area (TPSA) is 92.4 Å². The summed E-state index contributed by atoms with van der Waals surface area (Å²) < 4.78 is 55.9. The van der Waals surface area contributed by atoms with Crippen molar-refractivity contribution < 1.29 is 22.4 Å². The summed E-state index contributed by atoms with van der Waals surface area (Å²) in [5.74, 6) is 5.15. The summed E-state index contributed by atoms with van der Waals surface area (Å²) in [6.07, 6.45) is -5.01. The van der Waals surface area contributed by atoms with E-state index in [9.17, 15) is 22.4 Å². The van der Waals surface area contributed by atoms with Crippen molar-refractivity contribution in [2.24, 2.45) is 7.05 Å². The van der Waals surface area contributed by atoms with Gasteiger partial charge >= 0.3 is 6.18 Å². The second-order valence-corrected chi connectivity index (χ2v) is 8.35. The van der Waals surface area contributed by atoms with Crippen LogP contribution < -0.4 is 10.6 Å². The maximum Gasteiger partial charge on any atom is 0.393 e. The van der Waals surface area contributed by atoms with Crippen molar-refractivity contribution >= 4 is 17.2 Å². The maximum atomic E-state index is 14.5. The fourth-order valence-electron chi connectivity index (χ4n) is 3.91. The highest BCUT2D eigenvalue weighted by Gasteiger charge is 2.32. The number of aromatic nitrogens is 5. The summed E-state index contributed by atoms with van der Waals surface area (Å²) in [5.41, 5.74) is 0.165. The number of piperidine rings is 1. The number of carbonyl (C=O) groups excluding carboxylic acids is 1. The molecule has 0 unspecified atom stereocenters. The molecule has 3 aromatic heterocycles. The number of alkyl halides is 4. The molecule has 3 aromatic rings. The first kappa shape index (κ1) is 24.5. The van der Waals surface area contributed by atoms with Gasteiger partial charge in [-0.15, -0.1) is 5.10 Å². The van der Waals surface area contributed by atoms with Crippen molar-refractivity contribution in [2.45, 2.75) is 31.2 Å². The maximum absolute atomic E-state index is 14.5. The molecular weight excluding hydrogens is 468 g/mol. The predicted octanol–water partition coefficient (Wildman–Crippen LogP) is 1.80. The monoisotopic (exact) mass is 492 g/mol. The molecule has 1 fully saturated rings. The summed E-state index contributed by atoms with van der Waals surface area (Å²) in [6.45, 7) is 0.839. The van der Waals surface area contributed by atoms with E-state index in [-0.39, 0.29) is 35.6 Å². The zero-order valence-electron chi connectivity index (χ0n) is 19.1. The van der Waals surface area contributed by atoms with E-state index in [4.69, 9.17) is 0 Å². The number of anilines is 1. The normalized spacial score (nSPS) is 18.8. The second kappa shape index (κ2) is 9.91. The van der Waals surface area contributed by atoms with Gasteiger partial charge in [0, 0.05) is 25.7 Å². The Morgan fingerprint density at radius 1 is 1.26 bits per heavy atom. The molecule has 0 spiro atoms. The lowest BCUT2D eigenvalue weighted by Gasteiger charge is -2.33. The number of aryl methyl sites for hydroxylation is 1. The number of nitrogens with zero attached hydrogens (tertiary/aromatic N) is 6. The van der Waals surface area contributed by atoms with Crippen molar-refractivity contribution in [3.63, 3.8) is 0 Å². The third-order valence-electron chi connectivity index (χ3n) is 5.59. The molecule has 1 saturated heterocycles. The molecule has 1 aliphatic rings. The molecule has 0 bridgehead atoms. The fraction of sp³-hybridized carbons (Fsp3) is 0.455. The lowest BCUT2D eigenvalue weighted by Crippen LogP contribution is -2.46. The smallest absolute Gasteiger partial charge is 0.364 e. The first-order valence-electron chi connectivity index (χ1n) is 10.9. The van der Waals surface area contributed by atoms with Crippen LogP contribution in [0.2, 0.25) is 0 Å². The van der Waals surface area contributed by atoms with Gasteiger partial charge in [0.05, 0.1) is 30.7 Å². The lowest BCUT2D eigenvalue weighted by molar-refractivity contribution is -0.127. The van der Waals surface area contributed by atoms with Crippen LogP contribution in [0.25, 0.3) is 5.52 Å². The van der Waals surface area contributed by atoms with Crippen molar-refractivity contribution in [1.29, 1.82) is 0 Å². The molecule has 0 radical (unpaired) electrons. The number of rotatable bonds is 5. The highest BCUT2D eigenvalue weighted by Crippen LogP contribution is 2.28. The summed E-state index contributed by atoms with van der Waals surface area (Å²) in [6, 6.07) is 4.26. The molecule has 4 heterocycles. The molecule has 13 heteroatoms. The number of likely N-dealkylation sites (tertiary alicyclic amines) is 1. The Labute approximate surface area is 198 Å². The third-order valence-corrected chi connectivity index (χ3v) is 5.59. The Morgan fingerprint density at radius 3 is 2.74 bits per heavy atom. The van der Waals surface area contributed by atoms with E-state index < -0.39 is 30.7 Å². The average Bonchev–Trinajstić information content (AvgIpc) is 3.36. The van der Waals surface area contributed by atoms with Crippen LogP contribution in [0.5, 0.6) is 0 Å². The first-order chi connectivity index (χ1) is 16.6. The largest absolute Gasteiger partial charge is 0.393 e. The standard InChI is InChI=1S/C22H24F4N8O/c1-32-10-8-17(15(23)13-32)29-20-7-3-6-19-14(11-22(24,25)26)16(31-34(19)20)5-4-9-27-21(35)18-12-28-33(2)30-18/h3,6-7,12,15,17,29H,8-11,13H2,1-2H3,(H,27,35)/t15-,17+/m0/s1. The molecule has 35 heavy (non-hydrogen) atoms. The van der Waals surface area contributed by atoms with Gasteiger partial charge in [0.15, 0.2) is 5.69 Å². The Bertz CT molecular complexity index is 1270. The Morgan fingerprint density at radius 2 is 2.06 bits per heavy atom. The van der Waals surface area contributed by atoms with E-state index in [0.29, 0.717) is 18.8 Å². The zero-order chi connectivity index (χ0) is 25.2. The second-order valence-electron chi connectivity index (χ2n) is 8.35. The number of hydrogen-bond acceptors (Lipinski definition) is 6. The van der Waals surface area contributed by atoms with Crippen molar-refractivity contribution in [2.75, 3.05) is 32.0 Å². The molecule has 0 aromatic carbocycles. The van der Waals surface area contributed by atoms with E-state index in [2.05, 4.69) is 37.8 Å². The van der Waals surface area contributed by atoms with Crippen LogP contribution in [0, 0.1) is 11.8 Å². The molecule has 9 nitrogen and oxygen atoms in total. The number of fused-ring (bicyclic) bond motifs is 1. The molecule has 1 aliphatic heterocycles. The van der Waals surface area contributed by atoms with Crippen LogP contribution >= 0.6 is 0 Å². The van der Waals surface area contributed by atoms with Gasteiger partial charge in [-0.3, -0.25) is 4.79 Å². The number of amides is 1. The van der Waals surface area contributed by atoms with Crippen LogP contribution in [0.15, 0.2) is 24.4 Å². The Balaban J connectivity index is 1.59. The summed E-state index contributed by atoms with van der Waals surface area (Å²) >= 11 is 0. The van der Waals surface area contributed by atoms with Crippen LogP contribution in [0.1, 0.15) is 28.2 Å². The SMILES string of the molecule is CN1CC[C@@H](Nc2cccc3c(CC(F)(F)F)c(C#CCNC(=O)c4cnn(C)n4)nn23)[C@@H](F)C1. The molecule has 0 saturated carbocycles. The number of halogens is 4. The van der Waals surface area contributed by atoms with Crippen LogP contribution in [-0.4, -0.2) is 80.5 Å². The summed E-state index contributed by atoms with van der Waals surface area (Å²) in [5, 5.41) is 17.6. The van der Waals surface area contributed by atoms with Crippen molar-refractivity contribution in [3.8, 4) is 11.8 Å². The Hall–Kier alpha value is -3.66. The zero-order valence-corrected chi connectivity index (χ0v) is 19.1. The molecule has 4 rings (SSSR count). The quantitative estimate of drug-likeness (QED) is 0.417. The lowest BCUT2D eigenvalue weighted by atomic mass is 10.0. The summed E-state index contributed by atoms with van der Waals surface area (Å²) in [4.78, 5) is 15.2. The van der Waals surface area contributed by atoms with Crippen molar-refractivity contribution in [3.05, 3.63) is 41.3 Å². The minimum absolute atomic E-state index is 0.0643. The van der Waals surface area contributed by atoms with E-state index >= 15 is 0 Å². The fourth-order valence-corrected chi connectivity index (χ4v) is 3.91. The van der Waals surface area contributed by atoms with Gasteiger partial charge in [-0.2, -0.15) is 28.2 Å². The number of carbonyl (C=O) groups is 1. The van der Waals surface area contributed by atoms with Gasteiger partial charge < -0.3 is 15.5 Å². The molecule has 0 aliphatic carbocycles. The highest BCUT2D eigenvalue weighted by atomic mass is 19.4. The van der Waals surface area contributed by atoms with E-state index in [1.54, 1.807) is 19.2 Å². The van der Waals surface area contributed by atoms with Crippen LogP contribution in [-0.2, 0) is 13.5 Å². The molecule has 2 atom stereocenters. The number of nitrogens with one attached hydrogen (secondary N) is 2. The number of hydrogen-bond donors (Lipinski definition) is 2. The van der Waals surface area contributed by atoms with E-state index in [1.165, 1.54) is 21.6 Å². The summed E-state index contributed by atoms with van der Waals surface area (Å²) in [7, 11) is 3.40. The third kappa shape index (κ3) is 5.89. The van der Waals surface area contributed by atoms with E-state index in [0.717, 1.165) is 0 Å². The van der Waals surface area contributed by atoms with Gasteiger partial charge in [-0.1, -0.05) is 12.0 Å². The van der Waals surface area contributed by atoms with Gasteiger partial charge in [0.25, 0.3) is 5.91 Å².